The van der Waals surface area contributed by atoms with E-state index < -0.39 is 23.9 Å². The lowest BCUT2D eigenvalue weighted by Crippen LogP contribution is -2.48. The number of fused-ring (bicyclic) bond motifs is 5. The highest BCUT2D eigenvalue weighted by atomic mass is 79.9. The minimum absolute atomic E-state index is 0.183. The molecule has 0 unspecified atom stereocenters. The summed E-state index contributed by atoms with van der Waals surface area (Å²) in [7, 11) is 0. The van der Waals surface area contributed by atoms with Crippen LogP contribution >= 0.6 is 27.5 Å². The first-order valence-electron chi connectivity index (χ1n) is 10.9. The number of halogens is 2. The van der Waals surface area contributed by atoms with Crippen molar-refractivity contribution in [2.75, 3.05) is 9.80 Å². The summed E-state index contributed by atoms with van der Waals surface area (Å²) in [6.07, 6.45) is 3.85. The van der Waals surface area contributed by atoms with Gasteiger partial charge in [-0.2, -0.15) is 0 Å². The van der Waals surface area contributed by atoms with E-state index in [-0.39, 0.29) is 17.6 Å². The molecular weight excluding hydrogens is 516 g/mol. The summed E-state index contributed by atoms with van der Waals surface area (Å²) in [5.41, 5.74) is 2.68. The van der Waals surface area contributed by atoms with Gasteiger partial charge in [-0.05, 0) is 48.0 Å². The lowest BCUT2D eigenvalue weighted by atomic mass is 9.86. The van der Waals surface area contributed by atoms with Crippen molar-refractivity contribution in [1.29, 1.82) is 0 Å². The number of carbonyl (C=O) groups excluding carboxylic acids is 3. The Morgan fingerprint density at radius 2 is 1.59 bits per heavy atom. The molecule has 3 aliphatic heterocycles. The molecule has 2 saturated heterocycles. The van der Waals surface area contributed by atoms with Crippen LogP contribution in [-0.4, -0.2) is 29.7 Å². The Labute approximate surface area is 209 Å². The maximum absolute atomic E-state index is 13.9. The molecule has 3 aromatic rings. The average Bonchev–Trinajstić information content (AvgIpc) is 3.32. The number of rotatable bonds is 3. The molecule has 0 spiro atoms. The number of imide groups is 1. The van der Waals surface area contributed by atoms with Gasteiger partial charge in [-0.3, -0.25) is 14.4 Å². The van der Waals surface area contributed by atoms with E-state index in [0.717, 1.165) is 15.7 Å². The average molecular weight is 534 g/mol. The number of nitrogens with zero attached hydrogens (tertiary/aromatic N) is 2. The lowest BCUT2D eigenvalue weighted by molar-refractivity contribution is -0.122. The molecule has 0 aliphatic carbocycles. The third kappa shape index (κ3) is 3.09. The van der Waals surface area contributed by atoms with E-state index in [9.17, 15) is 14.4 Å². The molecule has 5 nitrogen and oxygen atoms in total. The van der Waals surface area contributed by atoms with Gasteiger partial charge < -0.3 is 4.90 Å². The van der Waals surface area contributed by atoms with Gasteiger partial charge in [0.1, 0.15) is 6.04 Å². The van der Waals surface area contributed by atoms with Crippen molar-refractivity contribution in [3.8, 4) is 0 Å². The zero-order valence-corrected chi connectivity index (χ0v) is 20.1. The van der Waals surface area contributed by atoms with E-state index in [2.05, 4.69) is 15.9 Å². The molecule has 3 aromatic carbocycles. The summed E-state index contributed by atoms with van der Waals surface area (Å²) >= 11 is 9.63. The maximum Gasteiger partial charge on any atom is 0.240 e. The number of anilines is 2. The van der Waals surface area contributed by atoms with Gasteiger partial charge in [-0.25, -0.2) is 4.90 Å². The smallest absolute Gasteiger partial charge is 0.240 e. The van der Waals surface area contributed by atoms with Crippen molar-refractivity contribution >= 4 is 62.6 Å². The summed E-state index contributed by atoms with van der Waals surface area (Å²) in [6.45, 7) is 0. The molecule has 34 heavy (non-hydrogen) atoms. The van der Waals surface area contributed by atoms with Crippen LogP contribution in [0.1, 0.15) is 15.9 Å². The number of hydrogen-bond acceptors (Lipinski definition) is 4. The second kappa shape index (κ2) is 7.93. The number of amides is 2. The Bertz CT molecular complexity index is 1370. The minimum atomic E-state index is -0.814. The fourth-order valence-corrected chi connectivity index (χ4v) is 5.91. The van der Waals surface area contributed by atoms with Gasteiger partial charge >= 0.3 is 0 Å². The Balaban J connectivity index is 1.50. The van der Waals surface area contributed by atoms with Gasteiger partial charge in [0, 0.05) is 20.7 Å². The number of Topliss-reactive ketones (excluding diaryl/α,β-unsaturated/α-hetero) is 1. The standard InChI is InChI=1S/C27H18BrClN2O3/c28-17-9-6-15(7-10-17)25(32)24-23-22(26(33)30(27(23)34)19-4-2-1-3-5-19)21-12-8-16-14-18(29)11-13-20(16)31(21)24/h1-14,21-24H/t21-,22-,23-,24+/m0/s1. The summed E-state index contributed by atoms with van der Waals surface area (Å²) in [5, 5.41) is 0.583. The largest absolute Gasteiger partial charge is 0.352 e. The van der Waals surface area contributed by atoms with Crippen molar-refractivity contribution in [1.82, 2.24) is 0 Å². The molecule has 7 heteroatoms. The monoisotopic (exact) mass is 532 g/mol. The third-order valence-electron chi connectivity index (χ3n) is 6.88. The van der Waals surface area contributed by atoms with Crippen LogP contribution in [-0.2, 0) is 9.59 Å². The molecule has 0 N–H and O–H groups in total. The first-order valence-corrected chi connectivity index (χ1v) is 12.1. The number of hydrogen-bond donors (Lipinski definition) is 0. The van der Waals surface area contributed by atoms with E-state index in [1.807, 2.05) is 35.3 Å². The fourth-order valence-electron chi connectivity index (χ4n) is 5.46. The number of carbonyl (C=O) groups is 3. The molecule has 0 radical (unpaired) electrons. The maximum atomic E-state index is 13.9. The van der Waals surface area contributed by atoms with Crippen molar-refractivity contribution in [3.63, 3.8) is 0 Å². The van der Waals surface area contributed by atoms with Crippen LogP contribution < -0.4 is 9.80 Å². The highest BCUT2D eigenvalue weighted by Crippen LogP contribution is 2.50. The number of ketones is 1. The van der Waals surface area contributed by atoms with Crippen LogP contribution in [0.4, 0.5) is 11.4 Å². The second-order valence-corrected chi connectivity index (χ2v) is 10.0. The molecule has 2 amide bonds. The van der Waals surface area contributed by atoms with Crippen molar-refractivity contribution < 1.29 is 14.4 Å². The van der Waals surface area contributed by atoms with Crippen LogP contribution in [0.3, 0.4) is 0 Å². The van der Waals surface area contributed by atoms with E-state index in [1.165, 1.54) is 4.90 Å². The van der Waals surface area contributed by atoms with Crippen LogP contribution in [0.5, 0.6) is 0 Å². The molecule has 0 saturated carbocycles. The minimum Gasteiger partial charge on any atom is -0.352 e. The molecule has 2 fully saturated rings. The summed E-state index contributed by atoms with van der Waals surface area (Å²) in [6, 6.07) is 20.2. The van der Waals surface area contributed by atoms with Gasteiger partial charge in [0.25, 0.3) is 0 Å². The highest BCUT2D eigenvalue weighted by molar-refractivity contribution is 9.10. The fraction of sp³-hybridized carbons (Fsp3) is 0.148. The quantitative estimate of drug-likeness (QED) is 0.335. The first kappa shape index (κ1) is 21.3. The summed E-state index contributed by atoms with van der Waals surface area (Å²) in [5.74, 6) is -2.24. The SMILES string of the molecule is O=C(c1ccc(Br)cc1)[C@H]1[C@H]2C(=O)N(c3ccccc3)C(=O)[C@H]2[C@@H]2C=Cc3cc(Cl)ccc3N21. The number of para-hydroxylation sites is 1. The summed E-state index contributed by atoms with van der Waals surface area (Å²) < 4.78 is 0.856. The predicted molar refractivity (Wildman–Crippen MR) is 135 cm³/mol. The zero-order chi connectivity index (χ0) is 23.6. The first-order chi connectivity index (χ1) is 16.5. The molecule has 0 aromatic heterocycles. The Hall–Kier alpha value is -3.22. The molecule has 168 valence electrons. The van der Waals surface area contributed by atoms with Crippen LogP contribution in [0, 0.1) is 11.8 Å². The Kier molecular flexibility index (Phi) is 4.97. The van der Waals surface area contributed by atoms with Crippen LogP contribution in [0.2, 0.25) is 5.02 Å². The van der Waals surface area contributed by atoms with Crippen molar-refractivity contribution in [2.24, 2.45) is 11.8 Å². The normalized spacial score (nSPS) is 24.8. The molecule has 3 aliphatic rings. The van der Waals surface area contributed by atoms with E-state index in [0.29, 0.717) is 16.3 Å². The van der Waals surface area contributed by atoms with Crippen LogP contribution in [0.25, 0.3) is 6.08 Å². The van der Waals surface area contributed by atoms with E-state index in [4.69, 9.17) is 11.6 Å². The van der Waals surface area contributed by atoms with Crippen LogP contribution in [0.15, 0.2) is 83.3 Å². The van der Waals surface area contributed by atoms with Gasteiger partial charge in [0.2, 0.25) is 11.8 Å². The topological polar surface area (TPSA) is 57.7 Å². The van der Waals surface area contributed by atoms with Gasteiger partial charge in [-0.1, -0.05) is 70.0 Å². The molecule has 4 atom stereocenters. The van der Waals surface area contributed by atoms with Gasteiger partial charge in [-0.15, -0.1) is 0 Å². The van der Waals surface area contributed by atoms with E-state index in [1.54, 1.807) is 54.6 Å². The Morgan fingerprint density at radius 3 is 2.32 bits per heavy atom. The van der Waals surface area contributed by atoms with Crippen molar-refractivity contribution in [3.05, 3.63) is 99.5 Å². The lowest BCUT2D eigenvalue weighted by Gasteiger charge is -2.36. The molecule has 0 bridgehead atoms. The molecule has 3 heterocycles. The van der Waals surface area contributed by atoms with Gasteiger partial charge in [0.15, 0.2) is 5.78 Å². The highest BCUT2D eigenvalue weighted by Gasteiger charge is 2.64. The van der Waals surface area contributed by atoms with E-state index >= 15 is 0 Å². The molecular formula is C27H18BrClN2O3. The number of benzene rings is 3. The third-order valence-corrected chi connectivity index (χ3v) is 7.64. The second-order valence-electron chi connectivity index (χ2n) is 8.68. The predicted octanol–water partition coefficient (Wildman–Crippen LogP) is 5.38. The molecule has 6 rings (SSSR count). The Morgan fingerprint density at radius 1 is 0.882 bits per heavy atom. The van der Waals surface area contributed by atoms with Crippen molar-refractivity contribution in [2.45, 2.75) is 12.1 Å². The zero-order valence-electron chi connectivity index (χ0n) is 17.8. The summed E-state index contributed by atoms with van der Waals surface area (Å²) in [4.78, 5) is 44.6. The van der Waals surface area contributed by atoms with Gasteiger partial charge in [0.05, 0.1) is 23.6 Å².